The molecule has 5 heteroatoms. The predicted molar refractivity (Wildman–Crippen MR) is 112 cm³/mol. The Labute approximate surface area is 166 Å². The van der Waals surface area contributed by atoms with Crippen LogP contribution in [0.4, 0.5) is 0 Å². The quantitative estimate of drug-likeness (QED) is 0.577. The first kappa shape index (κ1) is 21.1. The summed E-state index contributed by atoms with van der Waals surface area (Å²) in [5.41, 5.74) is 1.20. The van der Waals surface area contributed by atoms with Crippen LogP contribution in [0.25, 0.3) is 0 Å². The van der Waals surface area contributed by atoms with Gasteiger partial charge in [-0.1, -0.05) is 48.5 Å². The molecule has 0 aliphatic carbocycles. The molecule has 0 N–H and O–H groups in total. The van der Waals surface area contributed by atoms with E-state index in [1.54, 1.807) is 37.5 Å². The first-order valence-corrected chi connectivity index (χ1v) is 9.06. The first-order valence-electron chi connectivity index (χ1n) is 9.06. The van der Waals surface area contributed by atoms with E-state index in [1.807, 2.05) is 51.1 Å². The Morgan fingerprint density at radius 2 is 1.75 bits per heavy atom. The molecule has 1 heterocycles. The van der Waals surface area contributed by atoms with Crippen LogP contribution in [-0.4, -0.2) is 36.1 Å². The van der Waals surface area contributed by atoms with Gasteiger partial charge in [-0.05, 0) is 38.5 Å². The number of hydrogen-bond acceptors (Lipinski definition) is 4. The van der Waals surface area contributed by atoms with E-state index in [0.29, 0.717) is 11.3 Å². The molecular formula is C23H26N2O3. The molecule has 1 aliphatic heterocycles. The van der Waals surface area contributed by atoms with Gasteiger partial charge >= 0.3 is 0 Å². The van der Waals surface area contributed by atoms with Crippen LogP contribution in [0.2, 0.25) is 0 Å². The largest absolute Gasteiger partial charge is 0.497 e. The summed E-state index contributed by atoms with van der Waals surface area (Å²) < 4.78 is 5.17. The molecule has 0 fully saturated rings. The first-order chi connectivity index (χ1) is 13.4. The molecule has 28 heavy (non-hydrogen) atoms. The van der Waals surface area contributed by atoms with Gasteiger partial charge in [0.15, 0.2) is 5.78 Å². The second-order valence-electron chi connectivity index (χ2n) is 6.60. The molecule has 1 atom stereocenters. The topological polar surface area (TPSA) is 59.0 Å². The fourth-order valence-corrected chi connectivity index (χ4v) is 2.95. The van der Waals surface area contributed by atoms with Crippen molar-refractivity contribution in [3.8, 4) is 5.75 Å². The zero-order chi connectivity index (χ0) is 20.7. The minimum atomic E-state index is -0.872. The number of Topliss-reactive ketones (excluding diaryl/α,β-unsaturated/α-hetero) is 1. The smallest absolute Gasteiger partial charge is 0.259 e. The minimum Gasteiger partial charge on any atom is -0.497 e. The Morgan fingerprint density at radius 3 is 2.29 bits per heavy atom. The number of carbonyl (C=O) groups is 2. The highest BCUT2D eigenvalue weighted by molar-refractivity contribution is 6.17. The normalized spacial score (nSPS) is 18.1. The van der Waals surface area contributed by atoms with Gasteiger partial charge in [0.2, 0.25) is 0 Å². The van der Waals surface area contributed by atoms with Crippen LogP contribution in [0.1, 0.15) is 36.7 Å². The Bertz CT molecular complexity index is 872. The zero-order valence-electron chi connectivity index (χ0n) is 16.8. The van der Waals surface area contributed by atoms with Crippen LogP contribution in [0.15, 0.2) is 72.4 Å². The standard InChI is InChI=1S/C20H20N2O3.C3H6/c1-14-20(2,16-9-11-17(25-3)12-10-16)19(24)22(21-14)13-18(23)15-7-5-4-6-8-15;1-3-2/h4-12H,13H2,1-3H3;3H,1H2,2H3. The van der Waals surface area contributed by atoms with Crippen molar-refractivity contribution in [1.29, 1.82) is 0 Å². The highest BCUT2D eigenvalue weighted by Crippen LogP contribution is 2.34. The summed E-state index contributed by atoms with van der Waals surface area (Å²) in [5, 5.41) is 5.63. The van der Waals surface area contributed by atoms with Gasteiger partial charge in [0.05, 0.1) is 12.8 Å². The van der Waals surface area contributed by atoms with Crippen LogP contribution >= 0.6 is 0 Å². The Hall–Kier alpha value is -3.21. The molecule has 0 aromatic heterocycles. The van der Waals surface area contributed by atoms with Crippen LogP contribution in [0.3, 0.4) is 0 Å². The number of allylic oxidation sites excluding steroid dienone is 1. The number of ether oxygens (including phenoxy) is 1. The summed E-state index contributed by atoms with van der Waals surface area (Å²) in [6.07, 6.45) is 1.75. The highest BCUT2D eigenvalue weighted by Gasteiger charge is 2.46. The lowest BCUT2D eigenvalue weighted by Gasteiger charge is -2.24. The van der Waals surface area contributed by atoms with E-state index in [0.717, 1.165) is 11.3 Å². The highest BCUT2D eigenvalue weighted by atomic mass is 16.5. The second kappa shape index (κ2) is 9.13. The van der Waals surface area contributed by atoms with Gasteiger partial charge in [-0.3, -0.25) is 9.59 Å². The van der Waals surface area contributed by atoms with E-state index in [-0.39, 0.29) is 18.2 Å². The van der Waals surface area contributed by atoms with Crippen LogP contribution in [-0.2, 0) is 10.2 Å². The van der Waals surface area contributed by atoms with E-state index < -0.39 is 5.41 Å². The average molecular weight is 378 g/mol. The minimum absolute atomic E-state index is 0.0636. The van der Waals surface area contributed by atoms with Crippen molar-refractivity contribution in [3.05, 3.63) is 78.4 Å². The maximum Gasteiger partial charge on any atom is 0.259 e. The SMILES string of the molecule is C=CC.COc1ccc(C2(C)C(=O)N(CC(=O)c3ccccc3)N=C2C)cc1. The maximum atomic E-state index is 13.0. The van der Waals surface area contributed by atoms with E-state index >= 15 is 0 Å². The third-order valence-corrected chi connectivity index (χ3v) is 4.71. The summed E-state index contributed by atoms with van der Waals surface area (Å²) in [6.45, 7) is 8.84. The molecule has 0 bridgehead atoms. The van der Waals surface area contributed by atoms with Crippen molar-refractivity contribution in [3.63, 3.8) is 0 Å². The van der Waals surface area contributed by atoms with Crippen LogP contribution in [0.5, 0.6) is 5.75 Å². The van der Waals surface area contributed by atoms with E-state index in [4.69, 9.17) is 4.74 Å². The molecule has 146 valence electrons. The van der Waals surface area contributed by atoms with Gasteiger partial charge in [0, 0.05) is 5.56 Å². The number of amides is 1. The molecule has 0 saturated carbocycles. The molecule has 0 radical (unpaired) electrons. The van der Waals surface area contributed by atoms with Gasteiger partial charge in [0.25, 0.3) is 5.91 Å². The summed E-state index contributed by atoms with van der Waals surface area (Å²) in [4.78, 5) is 25.4. The van der Waals surface area contributed by atoms with E-state index in [2.05, 4.69) is 11.7 Å². The van der Waals surface area contributed by atoms with Crippen molar-refractivity contribution < 1.29 is 14.3 Å². The predicted octanol–water partition coefficient (Wildman–Crippen LogP) is 4.25. The van der Waals surface area contributed by atoms with Gasteiger partial charge in [-0.15, -0.1) is 6.58 Å². The number of ketones is 1. The van der Waals surface area contributed by atoms with Crippen molar-refractivity contribution >= 4 is 17.4 Å². The molecule has 0 saturated heterocycles. The van der Waals surface area contributed by atoms with Gasteiger partial charge < -0.3 is 4.74 Å². The lowest BCUT2D eigenvalue weighted by Crippen LogP contribution is -2.41. The number of nitrogens with zero attached hydrogens (tertiary/aromatic N) is 2. The molecule has 3 rings (SSSR count). The third kappa shape index (κ3) is 4.19. The molecule has 1 aliphatic rings. The summed E-state index contributed by atoms with van der Waals surface area (Å²) in [5.74, 6) is 0.396. The number of carbonyl (C=O) groups excluding carboxylic acids is 2. The lowest BCUT2D eigenvalue weighted by atomic mass is 9.78. The van der Waals surface area contributed by atoms with Crippen molar-refractivity contribution in [2.24, 2.45) is 5.10 Å². The molecule has 1 amide bonds. The maximum absolute atomic E-state index is 13.0. The fourth-order valence-electron chi connectivity index (χ4n) is 2.95. The van der Waals surface area contributed by atoms with Crippen molar-refractivity contribution in [1.82, 2.24) is 5.01 Å². The average Bonchev–Trinajstić information content (AvgIpc) is 2.93. The molecule has 2 aromatic rings. The van der Waals surface area contributed by atoms with E-state index in [1.165, 1.54) is 5.01 Å². The summed E-state index contributed by atoms with van der Waals surface area (Å²) in [6, 6.07) is 16.3. The zero-order valence-corrected chi connectivity index (χ0v) is 16.8. The number of rotatable bonds is 5. The van der Waals surface area contributed by atoms with Crippen LogP contribution < -0.4 is 4.74 Å². The number of methoxy groups -OCH3 is 1. The lowest BCUT2D eigenvalue weighted by molar-refractivity contribution is -0.132. The molecular weight excluding hydrogens is 352 g/mol. The van der Waals surface area contributed by atoms with Gasteiger partial charge in [-0.25, -0.2) is 5.01 Å². The summed E-state index contributed by atoms with van der Waals surface area (Å²) >= 11 is 0. The molecule has 1 unspecified atom stereocenters. The van der Waals surface area contributed by atoms with Crippen molar-refractivity contribution in [2.75, 3.05) is 13.7 Å². The Morgan fingerprint density at radius 1 is 1.18 bits per heavy atom. The number of hydrogen-bond donors (Lipinski definition) is 0. The Kier molecular flexibility index (Phi) is 6.88. The van der Waals surface area contributed by atoms with Gasteiger partial charge in [0.1, 0.15) is 17.7 Å². The number of benzene rings is 2. The molecule has 2 aromatic carbocycles. The van der Waals surface area contributed by atoms with Crippen LogP contribution in [0, 0.1) is 0 Å². The third-order valence-electron chi connectivity index (χ3n) is 4.71. The number of hydrazone groups is 1. The second-order valence-corrected chi connectivity index (χ2v) is 6.60. The monoisotopic (exact) mass is 378 g/mol. The Balaban J connectivity index is 0.000000878. The van der Waals surface area contributed by atoms with Gasteiger partial charge in [-0.2, -0.15) is 5.10 Å². The fraction of sp³-hybridized carbons (Fsp3) is 0.261. The molecule has 0 spiro atoms. The molecule has 5 nitrogen and oxygen atoms in total. The van der Waals surface area contributed by atoms with E-state index in [9.17, 15) is 9.59 Å². The van der Waals surface area contributed by atoms with Crippen molar-refractivity contribution in [2.45, 2.75) is 26.2 Å². The summed E-state index contributed by atoms with van der Waals surface area (Å²) in [7, 11) is 1.60.